The number of hydrogen-bond donors (Lipinski definition) is 0. The quantitative estimate of drug-likeness (QED) is 0.417. The van der Waals surface area contributed by atoms with E-state index in [1.807, 2.05) is 6.07 Å². The molecule has 1 rings (SSSR count). The van der Waals surface area contributed by atoms with Gasteiger partial charge in [0.25, 0.3) is 0 Å². The highest BCUT2D eigenvalue weighted by Gasteiger charge is 1.99. The van der Waals surface area contributed by atoms with Crippen molar-refractivity contribution in [1.82, 2.24) is 0 Å². The van der Waals surface area contributed by atoms with Crippen molar-refractivity contribution >= 4 is 11.7 Å². The molecule has 15 heavy (non-hydrogen) atoms. The van der Waals surface area contributed by atoms with Crippen LogP contribution in [0, 0.1) is 11.3 Å². The van der Waals surface area contributed by atoms with Crippen LogP contribution >= 0.6 is 0 Å². The first-order chi connectivity index (χ1) is 7.13. The molecule has 0 aromatic heterocycles. The lowest BCUT2D eigenvalue weighted by Gasteiger charge is -1.99. The van der Waals surface area contributed by atoms with Crippen molar-refractivity contribution in [3.63, 3.8) is 0 Å². The lowest BCUT2D eigenvalue weighted by atomic mass is 10.1. The molecule has 0 aliphatic heterocycles. The molecular weight excluding hydrogens is 192 g/mol. The highest BCUT2D eigenvalue weighted by atomic mass is 16.7. The largest absolute Gasteiger partial charge is 0.331 e. The van der Waals surface area contributed by atoms with Crippen LogP contribution in [-0.4, -0.2) is 11.7 Å². The van der Waals surface area contributed by atoms with Crippen molar-refractivity contribution < 1.29 is 9.63 Å². The van der Waals surface area contributed by atoms with Gasteiger partial charge in [-0.1, -0.05) is 17.3 Å². The Hall–Kier alpha value is -2.15. The molecule has 0 unspecified atom stereocenters. The van der Waals surface area contributed by atoms with E-state index in [9.17, 15) is 4.79 Å². The number of rotatable bonds is 2. The average Bonchev–Trinajstić information content (AvgIpc) is 2.26. The fraction of sp³-hybridized carbons (Fsp3) is 0.182. The van der Waals surface area contributed by atoms with Crippen LogP contribution in [0.25, 0.3) is 0 Å². The van der Waals surface area contributed by atoms with E-state index in [0.29, 0.717) is 11.3 Å². The van der Waals surface area contributed by atoms with E-state index in [4.69, 9.17) is 5.26 Å². The number of benzene rings is 1. The van der Waals surface area contributed by atoms with Crippen molar-refractivity contribution in [3.8, 4) is 6.07 Å². The molecule has 1 aromatic carbocycles. The van der Waals surface area contributed by atoms with Crippen LogP contribution in [0.1, 0.15) is 25.0 Å². The molecule has 0 aliphatic carbocycles. The van der Waals surface area contributed by atoms with Gasteiger partial charge in [-0.15, -0.1) is 0 Å². The topological polar surface area (TPSA) is 62.4 Å². The van der Waals surface area contributed by atoms with Gasteiger partial charge in [-0.2, -0.15) is 5.26 Å². The summed E-state index contributed by atoms with van der Waals surface area (Å²) >= 11 is 0. The summed E-state index contributed by atoms with van der Waals surface area (Å²) in [5, 5.41) is 12.2. The predicted octanol–water partition coefficient (Wildman–Crippen LogP) is 1.85. The molecule has 0 N–H and O–H groups in total. The summed E-state index contributed by atoms with van der Waals surface area (Å²) in [4.78, 5) is 15.0. The standard InChI is InChI=1S/C11H10N2O2/c1-8(13-15-9(2)14)11-5-3-10(7-12)4-6-11/h3-6H,1-2H3/b13-8+. The Kier molecular flexibility index (Phi) is 3.58. The third-order valence-electron chi connectivity index (χ3n) is 1.74. The summed E-state index contributed by atoms with van der Waals surface area (Å²) in [7, 11) is 0. The van der Waals surface area contributed by atoms with E-state index < -0.39 is 5.97 Å². The van der Waals surface area contributed by atoms with Crippen LogP contribution in [0.5, 0.6) is 0 Å². The second kappa shape index (κ2) is 4.91. The number of oxime groups is 1. The van der Waals surface area contributed by atoms with Crippen LogP contribution < -0.4 is 0 Å². The van der Waals surface area contributed by atoms with Gasteiger partial charge < -0.3 is 4.84 Å². The molecule has 1 aromatic rings. The summed E-state index contributed by atoms with van der Waals surface area (Å²) in [6.07, 6.45) is 0. The van der Waals surface area contributed by atoms with Crippen molar-refractivity contribution in [2.45, 2.75) is 13.8 Å². The van der Waals surface area contributed by atoms with Gasteiger partial charge in [0.05, 0.1) is 17.3 Å². The molecule has 0 spiro atoms. The highest BCUT2D eigenvalue weighted by molar-refractivity contribution is 5.98. The third-order valence-corrected chi connectivity index (χ3v) is 1.74. The van der Waals surface area contributed by atoms with Gasteiger partial charge in [0, 0.05) is 6.92 Å². The molecule has 4 nitrogen and oxygen atoms in total. The second-order valence-electron chi connectivity index (χ2n) is 2.95. The maximum atomic E-state index is 10.5. The molecule has 0 bridgehead atoms. The zero-order valence-electron chi connectivity index (χ0n) is 8.52. The maximum absolute atomic E-state index is 10.5. The lowest BCUT2D eigenvalue weighted by Crippen LogP contribution is -1.99. The SMILES string of the molecule is CC(=O)O/N=C(\C)c1ccc(C#N)cc1. The third kappa shape index (κ3) is 3.24. The minimum absolute atomic E-state index is 0.456. The molecule has 0 radical (unpaired) electrons. The van der Waals surface area contributed by atoms with Gasteiger partial charge in [-0.25, -0.2) is 4.79 Å². The van der Waals surface area contributed by atoms with E-state index in [1.54, 1.807) is 31.2 Å². The van der Waals surface area contributed by atoms with E-state index in [2.05, 4.69) is 9.99 Å². The normalized spacial score (nSPS) is 10.6. The van der Waals surface area contributed by atoms with E-state index in [-0.39, 0.29) is 0 Å². The number of nitriles is 1. The van der Waals surface area contributed by atoms with E-state index in [1.165, 1.54) is 6.92 Å². The van der Waals surface area contributed by atoms with Crippen LogP contribution in [-0.2, 0) is 9.63 Å². The fourth-order valence-electron chi connectivity index (χ4n) is 0.971. The number of nitrogens with zero attached hydrogens (tertiary/aromatic N) is 2. The molecule has 0 saturated heterocycles. The Bertz CT molecular complexity index is 427. The Morgan fingerprint density at radius 2 is 1.93 bits per heavy atom. The van der Waals surface area contributed by atoms with Crippen LogP contribution in [0.4, 0.5) is 0 Å². The number of hydrogen-bond acceptors (Lipinski definition) is 4. The van der Waals surface area contributed by atoms with Gasteiger partial charge in [0.1, 0.15) is 0 Å². The minimum Gasteiger partial charge on any atom is -0.318 e. The highest BCUT2D eigenvalue weighted by Crippen LogP contribution is 2.05. The van der Waals surface area contributed by atoms with Gasteiger partial charge >= 0.3 is 5.97 Å². The summed E-state index contributed by atoms with van der Waals surface area (Å²) in [6, 6.07) is 8.89. The minimum atomic E-state index is -0.456. The van der Waals surface area contributed by atoms with Gasteiger partial charge in [0.2, 0.25) is 0 Å². The molecular formula is C11H10N2O2. The summed E-state index contributed by atoms with van der Waals surface area (Å²) < 4.78 is 0. The zero-order chi connectivity index (χ0) is 11.3. The van der Waals surface area contributed by atoms with Crippen molar-refractivity contribution in [3.05, 3.63) is 35.4 Å². The van der Waals surface area contributed by atoms with Crippen molar-refractivity contribution in [2.75, 3.05) is 0 Å². The molecule has 0 saturated carbocycles. The molecule has 0 atom stereocenters. The van der Waals surface area contributed by atoms with Gasteiger partial charge in [0.15, 0.2) is 0 Å². The van der Waals surface area contributed by atoms with E-state index >= 15 is 0 Å². The van der Waals surface area contributed by atoms with Crippen LogP contribution in [0.15, 0.2) is 29.4 Å². The fourth-order valence-corrected chi connectivity index (χ4v) is 0.971. The Balaban J connectivity index is 2.83. The number of carbonyl (C=O) groups is 1. The lowest BCUT2D eigenvalue weighted by molar-refractivity contribution is -0.140. The molecule has 0 amide bonds. The smallest absolute Gasteiger partial charge is 0.318 e. The first-order valence-electron chi connectivity index (χ1n) is 4.36. The first kappa shape index (κ1) is 10.9. The molecule has 0 heterocycles. The summed E-state index contributed by atoms with van der Waals surface area (Å²) in [5.74, 6) is -0.456. The monoisotopic (exact) mass is 202 g/mol. The van der Waals surface area contributed by atoms with E-state index in [0.717, 1.165) is 5.56 Å². The molecule has 76 valence electrons. The Labute approximate surface area is 87.8 Å². The van der Waals surface area contributed by atoms with Gasteiger partial charge in [-0.3, -0.25) is 0 Å². The first-order valence-corrected chi connectivity index (χ1v) is 4.36. The Morgan fingerprint density at radius 1 is 1.33 bits per heavy atom. The maximum Gasteiger partial charge on any atom is 0.331 e. The molecule has 0 aliphatic rings. The Morgan fingerprint density at radius 3 is 2.40 bits per heavy atom. The van der Waals surface area contributed by atoms with Crippen molar-refractivity contribution in [2.24, 2.45) is 5.16 Å². The predicted molar refractivity (Wildman–Crippen MR) is 55.1 cm³/mol. The average molecular weight is 202 g/mol. The molecule has 4 heteroatoms. The molecule has 0 fully saturated rings. The van der Waals surface area contributed by atoms with Crippen molar-refractivity contribution in [1.29, 1.82) is 5.26 Å². The summed E-state index contributed by atoms with van der Waals surface area (Å²) in [5.41, 5.74) is 1.99. The zero-order valence-corrected chi connectivity index (χ0v) is 8.52. The van der Waals surface area contributed by atoms with Gasteiger partial charge in [-0.05, 0) is 24.6 Å². The summed E-state index contributed by atoms with van der Waals surface area (Å²) in [6.45, 7) is 3.01. The van der Waals surface area contributed by atoms with Crippen LogP contribution in [0.2, 0.25) is 0 Å². The second-order valence-corrected chi connectivity index (χ2v) is 2.95. The van der Waals surface area contributed by atoms with Crippen LogP contribution in [0.3, 0.4) is 0 Å². The number of carbonyl (C=O) groups excluding carboxylic acids is 1.